The van der Waals surface area contributed by atoms with Crippen LogP contribution in [0.1, 0.15) is 55.1 Å². The van der Waals surface area contributed by atoms with Crippen LogP contribution in [0.25, 0.3) is 0 Å². The molecule has 1 aliphatic rings. The van der Waals surface area contributed by atoms with Gasteiger partial charge in [0.1, 0.15) is 11.3 Å². The molecule has 2 rings (SSSR count). The zero-order valence-corrected chi connectivity index (χ0v) is 10.9. The molecule has 0 spiro atoms. The molecule has 1 aromatic rings. The smallest absolute Gasteiger partial charge is 0.339 e. The molecule has 1 aromatic heterocycles. The van der Waals surface area contributed by atoms with Crippen molar-refractivity contribution in [2.45, 2.75) is 51.6 Å². The molecule has 0 aromatic carbocycles. The second-order valence-electron chi connectivity index (χ2n) is 4.92. The Hall–Kier alpha value is -1.29. The van der Waals surface area contributed by atoms with Crippen LogP contribution < -0.4 is 0 Å². The van der Waals surface area contributed by atoms with E-state index in [0.29, 0.717) is 23.9 Å². The molecule has 0 radical (unpaired) electrons. The van der Waals surface area contributed by atoms with E-state index in [9.17, 15) is 4.79 Å². The average molecular weight is 251 g/mol. The van der Waals surface area contributed by atoms with Crippen LogP contribution in [0.4, 0.5) is 0 Å². The number of carboxylic acids is 1. The van der Waals surface area contributed by atoms with Crippen molar-refractivity contribution in [2.24, 2.45) is 0 Å². The average Bonchev–Trinajstić information content (AvgIpc) is 2.85. The van der Waals surface area contributed by atoms with Gasteiger partial charge in [-0.05, 0) is 25.5 Å². The fraction of sp³-hybridized carbons (Fsp3) is 0.643. The minimum atomic E-state index is -0.904. The van der Waals surface area contributed by atoms with Gasteiger partial charge in [-0.1, -0.05) is 26.2 Å². The highest BCUT2D eigenvalue weighted by Crippen LogP contribution is 2.24. The zero-order valence-electron chi connectivity index (χ0n) is 10.9. The monoisotopic (exact) mass is 251 g/mol. The summed E-state index contributed by atoms with van der Waals surface area (Å²) in [5.74, 6) is -0.326. The maximum Gasteiger partial charge on any atom is 0.339 e. The molecule has 100 valence electrons. The molecule has 1 heterocycles. The molecule has 0 saturated heterocycles. The lowest BCUT2D eigenvalue weighted by Gasteiger charge is -2.32. The van der Waals surface area contributed by atoms with Crippen molar-refractivity contribution in [3.05, 3.63) is 23.7 Å². The number of furan rings is 1. The third-order valence-electron chi connectivity index (χ3n) is 3.82. The van der Waals surface area contributed by atoms with E-state index in [-0.39, 0.29) is 0 Å². The van der Waals surface area contributed by atoms with Crippen LogP contribution >= 0.6 is 0 Å². The highest BCUT2D eigenvalue weighted by atomic mass is 16.4. The number of hydrogen-bond donors (Lipinski definition) is 1. The quantitative estimate of drug-likeness (QED) is 0.873. The lowest BCUT2D eigenvalue weighted by atomic mass is 9.94. The summed E-state index contributed by atoms with van der Waals surface area (Å²) in [5.41, 5.74) is 0.296. The molecule has 18 heavy (non-hydrogen) atoms. The molecular weight excluding hydrogens is 230 g/mol. The SMILES string of the molecule is CCN(Cc1occc1C(=O)O)C1CCCCC1. The van der Waals surface area contributed by atoms with Crippen molar-refractivity contribution in [1.29, 1.82) is 0 Å². The molecule has 1 fully saturated rings. The second kappa shape index (κ2) is 6.05. The topological polar surface area (TPSA) is 53.7 Å². The Labute approximate surface area is 108 Å². The van der Waals surface area contributed by atoms with Gasteiger partial charge < -0.3 is 9.52 Å². The van der Waals surface area contributed by atoms with Gasteiger partial charge >= 0.3 is 5.97 Å². The molecule has 4 heteroatoms. The number of carbonyl (C=O) groups is 1. The number of hydrogen-bond acceptors (Lipinski definition) is 3. The van der Waals surface area contributed by atoms with E-state index in [2.05, 4.69) is 11.8 Å². The van der Waals surface area contributed by atoms with Crippen LogP contribution in [0, 0.1) is 0 Å². The van der Waals surface area contributed by atoms with Gasteiger partial charge in [0.2, 0.25) is 0 Å². The molecular formula is C14H21NO3. The van der Waals surface area contributed by atoms with Crippen molar-refractivity contribution in [3.63, 3.8) is 0 Å². The van der Waals surface area contributed by atoms with E-state index in [0.717, 1.165) is 6.54 Å². The summed E-state index contributed by atoms with van der Waals surface area (Å²) in [7, 11) is 0. The van der Waals surface area contributed by atoms with Crippen LogP contribution in [0.3, 0.4) is 0 Å². The molecule has 0 bridgehead atoms. The lowest BCUT2D eigenvalue weighted by Crippen LogP contribution is -2.36. The van der Waals surface area contributed by atoms with Crippen molar-refractivity contribution >= 4 is 5.97 Å². The van der Waals surface area contributed by atoms with Gasteiger partial charge in [0.15, 0.2) is 0 Å². The van der Waals surface area contributed by atoms with E-state index in [1.807, 2.05) is 0 Å². The van der Waals surface area contributed by atoms with Crippen molar-refractivity contribution < 1.29 is 14.3 Å². The molecule has 0 unspecified atom stereocenters. The van der Waals surface area contributed by atoms with Crippen LogP contribution in [-0.2, 0) is 6.54 Å². The first kappa shape index (κ1) is 13.1. The summed E-state index contributed by atoms with van der Waals surface area (Å²) in [6.45, 7) is 3.66. The Balaban J connectivity index is 2.04. The minimum Gasteiger partial charge on any atom is -0.478 e. The van der Waals surface area contributed by atoms with Gasteiger partial charge in [-0.15, -0.1) is 0 Å². The van der Waals surface area contributed by atoms with Crippen LogP contribution in [-0.4, -0.2) is 28.6 Å². The predicted octanol–water partition coefficient (Wildman–Crippen LogP) is 3.13. The second-order valence-corrected chi connectivity index (χ2v) is 4.92. The fourth-order valence-electron chi connectivity index (χ4n) is 2.78. The first-order chi connectivity index (χ1) is 8.72. The Bertz CT molecular complexity index is 393. The maximum atomic E-state index is 11.1. The van der Waals surface area contributed by atoms with E-state index in [4.69, 9.17) is 9.52 Å². The maximum absolute atomic E-state index is 11.1. The summed E-state index contributed by atoms with van der Waals surface area (Å²) < 4.78 is 5.33. The molecule has 4 nitrogen and oxygen atoms in total. The standard InChI is InChI=1S/C14H21NO3/c1-2-15(11-6-4-3-5-7-11)10-13-12(14(16)17)8-9-18-13/h8-9,11H,2-7,10H2,1H3,(H,16,17). The Morgan fingerprint density at radius 2 is 2.17 bits per heavy atom. The summed E-state index contributed by atoms with van der Waals surface area (Å²) >= 11 is 0. The lowest BCUT2D eigenvalue weighted by molar-refractivity contribution is 0.0690. The van der Waals surface area contributed by atoms with Gasteiger partial charge in [-0.2, -0.15) is 0 Å². The molecule has 1 aliphatic carbocycles. The Morgan fingerprint density at radius 1 is 1.44 bits per heavy atom. The highest BCUT2D eigenvalue weighted by Gasteiger charge is 2.23. The first-order valence-electron chi connectivity index (χ1n) is 6.76. The van der Waals surface area contributed by atoms with E-state index < -0.39 is 5.97 Å². The van der Waals surface area contributed by atoms with Crippen LogP contribution in [0.15, 0.2) is 16.7 Å². The van der Waals surface area contributed by atoms with E-state index in [1.54, 1.807) is 0 Å². The van der Waals surface area contributed by atoms with Gasteiger partial charge in [0, 0.05) is 6.04 Å². The highest BCUT2D eigenvalue weighted by molar-refractivity contribution is 5.88. The van der Waals surface area contributed by atoms with Crippen molar-refractivity contribution in [2.75, 3.05) is 6.54 Å². The number of carboxylic acid groups (broad SMARTS) is 1. The normalized spacial score (nSPS) is 17.2. The van der Waals surface area contributed by atoms with Crippen molar-refractivity contribution in [1.82, 2.24) is 4.90 Å². The van der Waals surface area contributed by atoms with E-state index >= 15 is 0 Å². The minimum absolute atomic E-state index is 0.296. The van der Waals surface area contributed by atoms with Crippen molar-refractivity contribution in [3.8, 4) is 0 Å². The number of rotatable bonds is 5. The van der Waals surface area contributed by atoms with Gasteiger partial charge in [-0.25, -0.2) is 4.79 Å². The fourth-order valence-corrected chi connectivity index (χ4v) is 2.78. The molecule has 0 amide bonds. The largest absolute Gasteiger partial charge is 0.478 e. The molecule has 1 saturated carbocycles. The molecule has 0 aliphatic heterocycles. The summed E-state index contributed by atoms with van der Waals surface area (Å²) in [6, 6.07) is 2.11. The number of nitrogens with zero attached hydrogens (tertiary/aromatic N) is 1. The first-order valence-corrected chi connectivity index (χ1v) is 6.76. The molecule has 1 N–H and O–H groups in total. The zero-order chi connectivity index (χ0) is 13.0. The Kier molecular flexibility index (Phi) is 4.42. The summed E-state index contributed by atoms with van der Waals surface area (Å²) in [5, 5.41) is 9.07. The predicted molar refractivity (Wildman–Crippen MR) is 68.6 cm³/mol. The Morgan fingerprint density at radius 3 is 2.78 bits per heavy atom. The van der Waals surface area contributed by atoms with E-state index in [1.165, 1.54) is 44.4 Å². The third kappa shape index (κ3) is 2.93. The van der Waals surface area contributed by atoms with Gasteiger partial charge in [0.05, 0.1) is 12.8 Å². The summed E-state index contributed by atoms with van der Waals surface area (Å²) in [4.78, 5) is 13.4. The number of aromatic carboxylic acids is 1. The third-order valence-corrected chi connectivity index (χ3v) is 3.82. The van der Waals surface area contributed by atoms with Crippen LogP contribution in [0.2, 0.25) is 0 Å². The van der Waals surface area contributed by atoms with Crippen LogP contribution in [0.5, 0.6) is 0 Å². The summed E-state index contributed by atoms with van der Waals surface area (Å²) in [6.07, 6.45) is 7.80. The molecule has 0 atom stereocenters. The van der Waals surface area contributed by atoms with Gasteiger partial charge in [0.25, 0.3) is 0 Å². The van der Waals surface area contributed by atoms with Gasteiger partial charge in [-0.3, -0.25) is 4.90 Å².